The lowest BCUT2D eigenvalue weighted by Gasteiger charge is -2.26. The van der Waals surface area contributed by atoms with Crippen LogP contribution in [0.5, 0.6) is 0 Å². The highest BCUT2D eigenvalue weighted by Gasteiger charge is 2.20. The summed E-state index contributed by atoms with van der Waals surface area (Å²) in [6.45, 7) is 6.45. The van der Waals surface area contributed by atoms with Crippen LogP contribution in [0.25, 0.3) is 0 Å². The molecule has 0 saturated carbocycles. The topological polar surface area (TPSA) is 40.5 Å². The minimum atomic E-state index is -0.453. The maximum atomic E-state index is 13.5. The van der Waals surface area contributed by atoms with Crippen LogP contribution in [0.4, 0.5) is 4.39 Å². The maximum absolute atomic E-state index is 13.5. The number of aliphatic hydroxyl groups is 1. The van der Waals surface area contributed by atoms with Crippen molar-refractivity contribution in [2.75, 3.05) is 13.2 Å². The molecule has 1 aromatic rings. The third-order valence-corrected chi connectivity index (χ3v) is 3.02. The zero-order chi connectivity index (χ0) is 15.8. The number of aliphatic hydroxyl groups excluding tert-OH is 1. The van der Waals surface area contributed by atoms with Crippen molar-refractivity contribution in [3.05, 3.63) is 35.1 Å². The number of halogens is 1. The Hall–Kier alpha value is -1.86. The van der Waals surface area contributed by atoms with E-state index >= 15 is 0 Å². The molecule has 0 unspecified atom stereocenters. The van der Waals surface area contributed by atoms with Gasteiger partial charge >= 0.3 is 0 Å². The van der Waals surface area contributed by atoms with Crippen molar-refractivity contribution < 1.29 is 14.3 Å². The largest absolute Gasteiger partial charge is 0.395 e. The number of hydrogen-bond donors (Lipinski definition) is 1. The average Bonchev–Trinajstić information content (AvgIpc) is 2.45. The summed E-state index contributed by atoms with van der Waals surface area (Å²) >= 11 is 0. The first kappa shape index (κ1) is 17.2. The van der Waals surface area contributed by atoms with Gasteiger partial charge in [-0.15, -0.1) is 0 Å². The molecule has 0 saturated heterocycles. The van der Waals surface area contributed by atoms with Gasteiger partial charge in [0.05, 0.1) is 12.2 Å². The number of hydrogen-bond acceptors (Lipinski definition) is 2. The summed E-state index contributed by atoms with van der Waals surface area (Å²) in [4.78, 5) is 14.3. The van der Waals surface area contributed by atoms with Crippen LogP contribution in [0.1, 0.15) is 49.5 Å². The van der Waals surface area contributed by atoms with Crippen molar-refractivity contribution in [3.63, 3.8) is 0 Å². The fraction of sp³-hybridized carbons (Fsp3) is 0.471. The second-order valence-electron chi connectivity index (χ2n) is 5.06. The first-order valence-electron chi connectivity index (χ1n) is 7.21. The molecule has 0 aliphatic carbocycles. The van der Waals surface area contributed by atoms with E-state index in [0.717, 1.165) is 6.42 Å². The minimum absolute atomic E-state index is 0.0363. The lowest BCUT2D eigenvalue weighted by Crippen LogP contribution is -2.38. The predicted octanol–water partition coefficient (Wildman–Crippen LogP) is 2.82. The Bertz CT molecular complexity index is 543. The Labute approximate surface area is 125 Å². The van der Waals surface area contributed by atoms with E-state index in [1.165, 1.54) is 18.2 Å². The summed E-state index contributed by atoms with van der Waals surface area (Å²) in [5, 5.41) is 8.76. The summed E-state index contributed by atoms with van der Waals surface area (Å²) in [5.74, 6) is 4.95. The van der Waals surface area contributed by atoms with Gasteiger partial charge in [0.15, 0.2) is 0 Å². The van der Waals surface area contributed by atoms with E-state index in [2.05, 4.69) is 11.8 Å². The lowest BCUT2D eigenvalue weighted by atomic mass is 10.0. The smallest absolute Gasteiger partial charge is 0.255 e. The summed E-state index contributed by atoms with van der Waals surface area (Å²) in [7, 11) is 0. The van der Waals surface area contributed by atoms with Crippen LogP contribution in [0.2, 0.25) is 0 Å². The van der Waals surface area contributed by atoms with E-state index in [0.29, 0.717) is 18.5 Å². The number of carbonyl (C=O) groups is 1. The fourth-order valence-electron chi connectivity index (χ4n) is 2.01. The van der Waals surface area contributed by atoms with Crippen LogP contribution in [-0.2, 0) is 0 Å². The third kappa shape index (κ3) is 4.87. The Kier molecular flexibility index (Phi) is 6.90. The molecule has 3 nitrogen and oxygen atoms in total. The molecular weight excluding hydrogens is 269 g/mol. The van der Waals surface area contributed by atoms with Crippen molar-refractivity contribution >= 4 is 5.91 Å². The van der Waals surface area contributed by atoms with E-state index in [4.69, 9.17) is 5.11 Å². The van der Waals surface area contributed by atoms with Crippen LogP contribution in [0, 0.1) is 17.7 Å². The van der Waals surface area contributed by atoms with E-state index in [1.54, 1.807) is 4.90 Å². The van der Waals surface area contributed by atoms with Crippen molar-refractivity contribution in [2.24, 2.45) is 0 Å². The van der Waals surface area contributed by atoms with Gasteiger partial charge in [-0.25, -0.2) is 4.39 Å². The van der Waals surface area contributed by atoms with E-state index < -0.39 is 5.82 Å². The van der Waals surface area contributed by atoms with Crippen molar-refractivity contribution in [2.45, 2.75) is 39.7 Å². The zero-order valence-electron chi connectivity index (χ0n) is 12.8. The molecule has 0 radical (unpaired) electrons. The number of amides is 1. The van der Waals surface area contributed by atoms with E-state index in [-0.39, 0.29) is 24.1 Å². The van der Waals surface area contributed by atoms with Crippen LogP contribution in [-0.4, -0.2) is 35.1 Å². The normalized spacial score (nSPS) is 10.2. The number of carbonyl (C=O) groups excluding carboxylic acids is 1. The predicted molar refractivity (Wildman–Crippen MR) is 81.4 cm³/mol. The molecule has 1 rings (SSSR count). The van der Waals surface area contributed by atoms with Crippen molar-refractivity contribution in [1.82, 2.24) is 4.90 Å². The summed E-state index contributed by atoms with van der Waals surface area (Å²) in [6, 6.07) is 4.08. The SMILES string of the molecule is CCCN(C(=O)c1cc(F)ccc1C#CCCO)C(C)C. The first-order valence-corrected chi connectivity index (χ1v) is 7.21. The van der Waals surface area contributed by atoms with Gasteiger partial charge in [-0.1, -0.05) is 18.8 Å². The minimum Gasteiger partial charge on any atom is -0.395 e. The Morgan fingerprint density at radius 3 is 2.71 bits per heavy atom. The van der Waals surface area contributed by atoms with Gasteiger partial charge < -0.3 is 10.0 Å². The van der Waals surface area contributed by atoms with Crippen molar-refractivity contribution in [3.8, 4) is 11.8 Å². The van der Waals surface area contributed by atoms with Gasteiger partial charge in [-0.3, -0.25) is 4.79 Å². The molecule has 0 fully saturated rings. The third-order valence-electron chi connectivity index (χ3n) is 3.02. The highest BCUT2D eigenvalue weighted by molar-refractivity contribution is 5.97. The quantitative estimate of drug-likeness (QED) is 0.847. The molecule has 0 aliphatic rings. The van der Waals surface area contributed by atoms with E-state index in [1.807, 2.05) is 20.8 Å². The van der Waals surface area contributed by atoms with Gasteiger partial charge in [0.1, 0.15) is 5.82 Å². The Morgan fingerprint density at radius 1 is 1.43 bits per heavy atom. The molecule has 4 heteroatoms. The highest BCUT2D eigenvalue weighted by atomic mass is 19.1. The van der Waals surface area contributed by atoms with Gasteiger partial charge in [-0.2, -0.15) is 0 Å². The number of benzene rings is 1. The summed E-state index contributed by atoms with van der Waals surface area (Å²) in [6.07, 6.45) is 1.17. The zero-order valence-corrected chi connectivity index (χ0v) is 12.8. The molecule has 0 atom stereocenters. The molecule has 0 aliphatic heterocycles. The molecule has 1 N–H and O–H groups in total. The maximum Gasteiger partial charge on any atom is 0.255 e. The Balaban J connectivity index is 3.17. The number of rotatable bonds is 5. The fourth-order valence-corrected chi connectivity index (χ4v) is 2.01. The molecule has 0 bridgehead atoms. The molecule has 21 heavy (non-hydrogen) atoms. The molecule has 1 aromatic carbocycles. The first-order chi connectivity index (χ1) is 10.0. The summed E-state index contributed by atoms with van der Waals surface area (Å²) < 4.78 is 13.5. The van der Waals surface area contributed by atoms with Crippen molar-refractivity contribution in [1.29, 1.82) is 0 Å². The molecule has 0 spiro atoms. The second kappa shape index (κ2) is 8.43. The standard InChI is InChI=1S/C17H22FNO2/c1-4-10-19(13(2)3)17(21)16-12-15(18)9-8-14(16)7-5-6-11-20/h8-9,12-13,20H,4,6,10-11H2,1-3H3. The van der Waals surface area contributed by atoms with Crippen LogP contribution < -0.4 is 0 Å². The van der Waals surface area contributed by atoms with Gasteiger partial charge in [0.2, 0.25) is 0 Å². The van der Waals surface area contributed by atoms with Gasteiger partial charge in [-0.05, 0) is 38.5 Å². The lowest BCUT2D eigenvalue weighted by molar-refractivity contribution is 0.0705. The second-order valence-corrected chi connectivity index (χ2v) is 5.06. The van der Waals surface area contributed by atoms with E-state index in [9.17, 15) is 9.18 Å². The van der Waals surface area contributed by atoms with Crippen LogP contribution in [0.3, 0.4) is 0 Å². The molecule has 0 heterocycles. The molecule has 0 aromatic heterocycles. The monoisotopic (exact) mass is 291 g/mol. The van der Waals surface area contributed by atoms with Crippen LogP contribution >= 0.6 is 0 Å². The van der Waals surface area contributed by atoms with Crippen LogP contribution in [0.15, 0.2) is 18.2 Å². The average molecular weight is 291 g/mol. The Morgan fingerprint density at radius 2 is 2.14 bits per heavy atom. The molecule has 114 valence electrons. The summed E-state index contributed by atoms with van der Waals surface area (Å²) in [5.41, 5.74) is 0.777. The van der Waals surface area contributed by atoms with Gasteiger partial charge in [0, 0.05) is 24.6 Å². The van der Waals surface area contributed by atoms with Gasteiger partial charge in [0.25, 0.3) is 5.91 Å². The molecule has 1 amide bonds. The highest BCUT2D eigenvalue weighted by Crippen LogP contribution is 2.15. The number of nitrogens with zero attached hydrogens (tertiary/aromatic N) is 1. The molecular formula is C17H22FNO2.